The Morgan fingerprint density at radius 3 is 3.00 bits per heavy atom. The van der Waals surface area contributed by atoms with Crippen LogP contribution >= 0.6 is 11.3 Å². The molecule has 0 saturated heterocycles. The third kappa shape index (κ3) is 3.23. The van der Waals surface area contributed by atoms with Gasteiger partial charge in [-0.2, -0.15) is 5.26 Å². The van der Waals surface area contributed by atoms with Gasteiger partial charge in [-0.05, 0) is 12.1 Å². The van der Waals surface area contributed by atoms with Gasteiger partial charge in [-0.15, -0.1) is 11.3 Å². The summed E-state index contributed by atoms with van der Waals surface area (Å²) in [4.78, 5) is 11.8. The van der Waals surface area contributed by atoms with Gasteiger partial charge in [-0.25, -0.2) is 0 Å². The van der Waals surface area contributed by atoms with E-state index in [1.807, 2.05) is 12.1 Å². The average molecular weight is 196 g/mol. The third-order valence-electron chi connectivity index (χ3n) is 1.35. The van der Waals surface area contributed by atoms with E-state index >= 15 is 0 Å². The first-order valence-corrected chi connectivity index (χ1v) is 4.45. The number of carbonyl (C=O) groups is 1. The van der Waals surface area contributed by atoms with Crippen molar-refractivity contribution in [3.05, 3.63) is 21.9 Å². The summed E-state index contributed by atoms with van der Waals surface area (Å²) in [6.07, 6.45) is 0. The van der Waals surface area contributed by atoms with Crippen LogP contribution in [0.4, 0.5) is 0 Å². The van der Waals surface area contributed by atoms with Gasteiger partial charge in [0.1, 0.15) is 10.9 Å². The maximum atomic E-state index is 10.1. The first-order chi connectivity index (χ1) is 6.22. The van der Waals surface area contributed by atoms with E-state index in [0.29, 0.717) is 11.4 Å². The van der Waals surface area contributed by atoms with E-state index in [4.69, 9.17) is 10.4 Å². The van der Waals surface area contributed by atoms with Crippen LogP contribution in [-0.2, 0) is 11.3 Å². The fourth-order valence-electron chi connectivity index (χ4n) is 0.826. The van der Waals surface area contributed by atoms with Gasteiger partial charge in [0.25, 0.3) is 0 Å². The molecule has 0 radical (unpaired) electrons. The molecule has 2 N–H and O–H groups in total. The highest BCUT2D eigenvalue weighted by Gasteiger charge is 1.99. The van der Waals surface area contributed by atoms with Gasteiger partial charge in [0.2, 0.25) is 0 Å². The summed E-state index contributed by atoms with van der Waals surface area (Å²) < 4.78 is 0. The summed E-state index contributed by atoms with van der Waals surface area (Å²) >= 11 is 1.37. The number of aliphatic carboxylic acids is 1. The maximum absolute atomic E-state index is 10.1. The summed E-state index contributed by atoms with van der Waals surface area (Å²) in [5.74, 6) is -0.878. The quantitative estimate of drug-likeness (QED) is 0.746. The third-order valence-corrected chi connectivity index (χ3v) is 2.34. The highest BCUT2D eigenvalue weighted by atomic mass is 32.1. The normalized spacial score (nSPS) is 9.46. The van der Waals surface area contributed by atoms with Gasteiger partial charge < -0.3 is 10.4 Å². The number of nitriles is 1. The summed E-state index contributed by atoms with van der Waals surface area (Å²) in [5, 5.41) is 19.6. The fraction of sp³-hybridized carbons (Fsp3) is 0.250. The molecule has 0 saturated carbocycles. The Labute approximate surface area is 79.4 Å². The van der Waals surface area contributed by atoms with Crippen LogP contribution in [0.3, 0.4) is 0 Å². The Morgan fingerprint density at radius 2 is 2.46 bits per heavy atom. The summed E-state index contributed by atoms with van der Waals surface area (Å²) in [6.45, 7) is 0.443. The molecule has 1 rings (SSSR count). The minimum absolute atomic E-state index is 0.0558. The van der Waals surface area contributed by atoms with E-state index in [2.05, 4.69) is 5.32 Å². The van der Waals surface area contributed by atoms with Crippen molar-refractivity contribution < 1.29 is 9.90 Å². The summed E-state index contributed by atoms with van der Waals surface area (Å²) in [6, 6.07) is 5.56. The molecule has 0 aliphatic carbocycles. The van der Waals surface area contributed by atoms with Crippen molar-refractivity contribution in [1.29, 1.82) is 5.26 Å². The molecule has 0 aliphatic heterocycles. The van der Waals surface area contributed by atoms with Crippen molar-refractivity contribution in [3.8, 4) is 6.07 Å². The lowest BCUT2D eigenvalue weighted by molar-refractivity contribution is -0.135. The number of rotatable bonds is 4. The van der Waals surface area contributed by atoms with Gasteiger partial charge in [-0.1, -0.05) is 0 Å². The van der Waals surface area contributed by atoms with Crippen LogP contribution < -0.4 is 5.32 Å². The van der Waals surface area contributed by atoms with Gasteiger partial charge in [0.15, 0.2) is 0 Å². The van der Waals surface area contributed by atoms with Crippen LogP contribution in [0.1, 0.15) is 9.75 Å². The van der Waals surface area contributed by atoms with Crippen molar-refractivity contribution in [2.45, 2.75) is 6.54 Å². The van der Waals surface area contributed by atoms with Gasteiger partial charge in [0.05, 0.1) is 6.54 Å². The second-order valence-electron chi connectivity index (χ2n) is 2.38. The predicted octanol–water partition coefficient (Wildman–Crippen LogP) is 0.794. The molecule has 1 aromatic rings. The molecular formula is C8H8N2O2S. The SMILES string of the molecule is N#Cc1ccc(CNCC(=O)O)s1. The maximum Gasteiger partial charge on any atom is 0.317 e. The zero-order chi connectivity index (χ0) is 9.68. The topological polar surface area (TPSA) is 73.1 Å². The van der Waals surface area contributed by atoms with Crippen LogP contribution in [0, 0.1) is 11.3 Å². The van der Waals surface area contributed by atoms with E-state index in [1.165, 1.54) is 11.3 Å². The molecule has 0 unspecified atom stereocenters. The number of thiophene rings is 1. The minimum atomic E-state index is -0.878. The predicted molar refractivity (Wildman–Crippen MR) is 48.4 cm³/mol. The number of hydrogen-bond donors (Lipinski definition) is 2. The number of nitrogens with one attached hydrogen (secondary N) is 1. The molecule has 0 spiro atoms. The molecule has 13 heavy (non-hydrogen) atoms. The lowest BCUT2D eigenvalue weighted by atomic mass is 10.4. The standard InChI is InChI=1S/C8H8N2O2S/c9-3-6-1-2-7(13-6)4-10-5-8(11)12/h1-2,10H,4-5H2,(H,11,12). The molecule has 0 bridgehead atoms. The second kappa shape index (κ2) is 4.60. The Bertz CT molecular complexity index is 340. The second-order valence-corrected chi connectivity index (χ2v) is 3.54. The van der Waals surface area contributed by atoms with Crippen LogP contribution in [-0.4, -0.2) is 17.6 Å². The van der Waals surface area contributed by atoms with E-state index in [-0.39, 0.29) is 6.54 Å². The Hall–Kier alpha value is -1.38. The molecule has 1 heterocycles. The van der Waals surface area contributed by atoms with E-state index < -0.39 is 5.97 Å². The summed E-state index contributed by atoms with van der Waals surface area (Å²) in [5.41, 5.74) is 0. The summed E-state index contributed by atoms with van der Waals surface area (Å²) in [7, 11) is 0. The van der Waals surface area contributed by atoms with Crippen molar-refractivity contribution >= 4 is 17.3 Å². The van der Waals surface area contributed by atoms with Gasteiger partial charge in [0, 0.05) is 11.4 Å². The minimum Gasteiger partial charge on any atom is -0.480 e. The molecule has 0 fully saturated rings. The number of carboxylic acid groups (broad SMARTS) is 1. The zero-order valence-corrected chi connectivity index (χ0v) is 7.60. The number of carboxylic acids is 1. The first kappa shape index (κ1) is 9.71. The molecular weight excluding hydrogens is 188 g/mol. The van der Waals surface area contributed by atoms with Crippen LogP contribution in [0.5, 0.6) is 0 Å². The number of nitrogens with zero attached hydrogens (tertiary/aromatic N) is 1. The van der Waals surface area contributed by atoms with E-state index in [1.54, 1.807) is 6.07 Å². The molecule has 0 aromatic carbocycles. The monoisotopic (exact) mass is 196 g/mol. The van der Waals surface area contributed by atoms with E-state index in [0.717, 1.165) is 4.88 Å². The molecule has 1 aromatic heterocycles. The molecule has 68 valence electrons. The van der Waals surface area contributed by atoms with E-state index in [9.17, 15) is 4.79 Å². The highest BCUT2D eigenvalue weighted by Crippen LogP contribution is 2.14. The van der Waals surface area contributed by atoms with Gasteiger partial charge in [-0.3, -0.25) is 4.79 Å². The Kier molecular flexibility index (Phi) is 3.43. The zero-order valence-electron chi connectivity index (χ0n) is 6.78. The molecule has 0 amide bonds. The fourth-order valence-corrected chi connectivity index (χ4v) is 1.60. The molecule has 5 heteroatoms. The van der Waals surface area contributed by atoms with Crippen LogP contribution in [0.15, 0.2) is 12.1 Å². The lowest BCUT2D eigenvalue weighted by Gasteiger charge is -1.96. The lowest BCUT2D eigenvalue weighted by Crippen LogP contribution is -2.21. The first-order valence-electron chi connectivity index (χ1n) is 3.63. The van der Waals surface area contributed by atoms with Crippen molar-refractivity contribution in [1.82, 2.24) is 5.32 Å². The van der Waals surface area contributed by atoms with Crippen LogP contribution in [0.25, 0.3) is 0 Å². The molecule has 0 aliphatic rings. The van der Waals surface area contributed by atoms with Crippen LogP contribution in [0.2, 0.25) is 0 Å². The Morgan fingerprint density at radius 1 is 1.69 bits per heavy atom. The number of hydrogen-bond acceptors (Lipinski definition) is 4. The van der Waals surface area contributed by atoms with Crippen molar-refractivity contribution in [3.63, 3.8) is 0 Å². The smallest absolute Gasteiger partial charge is 0.317 e. The average Bonchev–Trinajstić information content (AvgIpc) is 2.52. The van der Waals surface area contributed by atoms with Crippen molar-refractivity contribution in [2.75, 3.05) is 6.54 Å². The highest BCUT2D eigenvalue weighted by molar-refractivity contribution is 7.12. The molecule has 4 nitrogen and oxygen atoms in total. The van der Waals surface area contributed by atoms with Crippen molar-refractivity contribution in [2.24, 2.45) is 0 Å². The van der Waals surface area contributed by atoms with Gasteiger partial charge >= 0.3 is 5.97 Å². The largest absolute Gasteiger partial charge is 0.480 e. The molecule has 0 atom stereocenters. The Balaban J connectivity index is 2.38.